The van der Waals surface area contributed by atoms with Gasteiger partial charge in [0.1, 0.15) is 5.82 Å². The highest BCUT2D eigenvalue weighted by atomic mass is 35.5. The molecular weight excluding hydrogens is 386 g/mol. The van der Waals surface area contributed by atoms with Crippen molar-refractivity contribution in [3.63, 3.8) is 0 Å². The molecule has 0 spiro atoms. The summed E-state index contributed by atoms with van der Waals surface area (Å²) in [5.41, 5.74) is 0. The number of hydrogen-bond acceptors (Lipinski definition) is 6. The molecule has 1 aromatic rings. The quantitative estimate of drug-likeness (QED) is 0.572. The standard InChI is InChI=1S/C19H22ClN3O5/c1-11(17(25)22-15-7-6-12(20)10-21-15)28-16(24)8-9-23-18(26)13-4-2-3-5-14(13)19(23)27/h6-7,10-11,13-14H,2-5,8-9H2,1H3,(H,21,22,25)/t11-,13-,14+/m1/s1. The number of imide groups is 1. The van der Waals surface area contributed by atoms with Crippen LogP contribution in [0.1, 0.15) is 39.0 Å². The minimum absolute atomic E-state index is 0.0173. The lowest BCUT2D eigenvalue weighted by molar-refractivity contribution is -0.154. The van der Waals surface area contributed by atoms with Crippen molar-refractivity contribution in [2.75, 3.05) is 11.9 Å². The molecule has 0 unspecified atom stereocenters. The van der Waals surface area contributed by atoms with Crippen LogP contribution in [0.2, 0.25) is 5.02 Å². The molecule has 0 aromatic carbocycles. The highest BCUT2D eigenvalue weighted by molar-refractivity contribution is 6.30. The molecule has 1 saturated heterocycles. The first-order chi connectivity index (χ1) is 13.4. The van der Waals surface area contributed by atoms with Gasteiger partial charge < -0.3 is 10.1 Å². The van der Waals surface area contributed by atoms with Crippen LogP contribution in [0.4, 0.5) is 5.82 Å². The molecule has 150 valence electrons. The topological polar surface area (TPSA) is 106 Å². The Balaban J connectivity index is 1.47. The predicted octanol–water partition coefficient (Wildman–Crippen LogP) is 2.17. The van der Waals surface area contributed by atoms with Crippen molar-refractivity contribution in [3.05, 3.63) is 23.4 Å². The zero-order valence-corrected chi connectivity index (χ0v) is 16.3. The van der Waals surface area contributed by atoms with E-state index in [1.165, 1.54) is 24.1 Å². The molecule has 2 aliphatic rings. The van der Waals surface area contributed by atoms with Gasteiger partial charge in [-0.15, -0.1) is 0 Å². The lowest BCUT2D eigenvalue weighted by atomic mass is 9.81. The molecule has 3 rings (SSSR count). The number of hydrogen-bond donors (Lipinski definition) is 1. The Morgan fingerprint density at radius 3 is 2.46 bits per heavy atom. The summed E-state index contributed by atoms with van der Waals surface area (Å²) in [5.74, 6) is -1.77. The van der Waals surface area contributed by atoms with Crippen molar-refractivity contribution in [2.24, 2.45) is 11.8 Å². The molecular formula is C19H22ClN3O5. The van der Waals surface area contributed by atoms with Crippen LogP contribution < -0.4 is 5.32 Å². The summed E-state index contributed by atoms with van der Waals surface area (Å²) in [6.45, 7) is 1.42. The lowest BCUT2D eigenvalue weighted by Gasteiger charge is -2.19. The van der Waals surface area contributed by atoms with Gasteiger partial charge in [0, 0.05) is 12.7 Å². The molecule has 28 heavy (non-hydrogen) atoms. The average molecular weight is 408 g/mol. The summed E-state index contributed by atoms with van der Waals surface area (Å²) in [7, 11) is 0. The smallest absolute Gasteiger partial charge is 0.308 e. The minimum atomic E-state index is -1.04. The van der Waals surface area contributed by atoms with Gasteiger partial charge in [-0.1, -0.05) is 24.4 Å². The summed E-state index contributed by atoms with van der Waals surface area (Å²) in [4.78, 5) is 54.0. The molecule has 9 heteroatoms. The van der Waals surface area contributed by atoms with Gasteiger partial charge >= 0.3 is 5.97 Å². The van der Waals surface area contributed by atoms with Crippen molar-refractivity contribution in [1.29, 1.82) is 0 Å². The van der Waals surface area contributed by atoms with Gasteiger partial charge in [0.2, 0.25) is 11.8 Å². The average Bonchev–Trinajstić information content (AvgIpc) is 2.92. The number of ether oxygens (including phenoxy) is 1. The van der Waals surface area contributed by atoms with Gasteiger partial charge in [0.05, 0.1) is 23.3 Å². The molecule has 2 heterocycles. The Morgan fingerprint density at radius 1 is 1.25 bits per heavy atom. The molecule has 1 aromatic heterocycles. The monoisotopic (exact) mass is 407 g/mol. The minimum Gasteiger partial charge on any atom is -0.452 e. The Hall–Kier alpha value is -2.48. The van der Waals surface area contributed by atoms with E-state index >= 15 is 0 Å². The number of carbonyl (C=O) groups excluding carboxylic acids is 4. The second-order valence-electron chi connectivity index (χ2n) is 7.06. The molecule has 1 aliphatic heterocycles. The third-order valence-electron chi connectivity index (χ3n) is 5.13. The maximum atomic E-state index is 12.4. The number of aromatic nitrogens is 1. The van der Waals surface area contributed by atoms with Crippen LogP contribution in [0.5, 0.6) is 0 Å². The maximum absolute atomic E-state index is 12.4. The highest BCUT2D eigenvalue weighted by Crippen LogP contribution is 2.37. The largest absolute Gasteiger partial charge is 0.452 e. The van der Waals surface area contributed by atoms with Gasteiger partial charge in [-0.25, -0.2) is 4.98 Å². The van der Waals surface area contributed by atoms with E-state index in [2.05, 4.69) is 10.3 Å². The van der Waals surface area contributed by atoms with E-state index in [1.807, 2.05) is 0 Å². The molecule has 2 fully saturated rings. The molecule has 3 atom stereocenters. The third kappa shape index (κ3) is 4.49. The van der Waals surface area contributed by atoms with Crippen LogP contribution in [0, 0.1) is 11.8 Å². The summed E-state index contributed by atoms with van der Waals surface area (Å²) in [6.07, 6.45) is 3.55. The number of rotatable bonds is 6. The van der Waals surface area contributed by atoms with Crippen LogP contribution >= 0.6 is 11.6 Å². The number of esters is 1. The van der Waals surface area contributed by atoms with Crippen LogP contribution in [-0.4, -0.2) is 46.2 Å². The van der Waals surface area contributed by atoms with Crippen molar-refractivity contribution in [2.45, 2.75) is 45.1 Å². The second-order valence-corrected chi connectivity index (χ2v) is 7.49. The number of anilines is 1. The number of halogens is 1. The van der Waals surface area contributed by atoms with Gasteiger partial charge in [0.15, 0.2) is 6.10 Å². The number of nitrogens with one attached hydrogen (secondary N) is 1. The van der Waals surface area contributed by atoms with Crippen molar-refractivity contribution < 1.29 is 23.9 Å². The van der Waals surface area contributed by atoms with E-state index in [0.717, 1.165) is 25.7 Å². The number of carbonyl (C=O) groups is 4. The number of amides is 3. The van der Waals surface area contributed by atoms with Crippen molar-refractivity contribution in [1.82, 2.24) is 9.88 Å². The van der Waals surface area contributed by atoms with Gasteiger partial charge in [-0.2, -0.15) is 0 Å². The normalized spacial score (nSPS) is 22.6. The molecule has 1 aliphatic carbocycles. The first-order valence-electron chi connectivity index (χ1n) is 9.34. The third-order valence-corrected chi connectivity index (χ3v) is 5.35. The zero-order chi connectivity index (χ0) is 20.3. The van der Waals surface area contributed by atoms with E-state index in [9.17, 15) is 19.2 Å². The predicted molar refractivity (Wildman–Crippen MR) is 100 cm³/mol. The SMILES string of the molecule is C[C@@H](OC(=O)CCN1C(=O)[C@H]2CCCC[C@H]2C1=O)C(=O)Nc1ccc(Cl)cn1. The molecule has 0 radical (unpaired) electrons. The number of fused-ring (bicyclic) bond motifs is 1. The Bertz CT molecular complexity index is 758. The fraction of sp³-hybridized carbons (Fsp3) is 0.526. The van der Waals surface area contributed by atoms with Crippen molar-refractivity contribution >= 4 is 41.1 Å². The Morgan fingerprint density at radius 2 is 1.89 bits per heavy atom. The van der Waals surface area contributed by atoms with Gasteiger partial charge in [-0.05, 0) is 31.9 Å². The Labute approximate surface area is 167 Å². The molecule has 0 bridgehead atoms. The first kappa shape index (κ1) is 20.3. The summed E-state index contributed by atoms with van der Waals surface area (Å²) < 4.78 is 5.10. The Kier molecular flexibility index (Phi) is 6.28. The molecule has 8 nitrogen and oxygen atoms in total. The zero-order valence-electron chi connectivity index (χ0n) is 15.5. The second kappa shape index (κ2) is 8.68. The van der Waals surface area contributed by atoms with Crippen molar-refractivity contribution in [3.8, 4) is 0 Å². The van der Waals surface area contributed by atoms with E-state index in [1.54, 1.807) is 6.07 Å². The summed E-state index contributed by atoms with van der Waals surface area (Å²) in [6, 6.07) is 3.10. The molecule has 3 amide bonds. The fourth-order valence-electron chi connectivity index (χ4n) is 3.64. The van der Waals surface area contributed by atoms with E-state index < -0.39 is 18.0 Å². The van der Waals surface area contributed by atoms with E-state index in [4.69, 9.17) is 16.3 Å². The maximum Gasteiger partial charge on any atom is 0.308 e. The van der Waals surface area contributed by atoms with E-state index in [0.29, 0.717) is 5.02 Å². The highest BCUT2D eigenvalue weighted by Gasteiger charge is 2.47. The summed E-state index contributed by atoms with van der Waals surface area (Å²) in [5, 5.41) is 2.95. The lowest BCUT2D eigenvalue weighted by Crippen LogP contribution is -2.35. The fourth-order valence-corrected chi connectivity index (χ4v) is 3.75. The van der Waals surface area contributed by atoms with Crippen LogP contribution in [0.15, 0.2) is 18.3 Å². The first-order valence-corrected chi connectivity index (χ1v) is 9.71. The number of likely N-dealkylation sites (tertiary alicyclic amines) is 1. The number of nitrogens with zero attached hydrogens (tertiary/aromatic N) is 2. The molecule has 1 N–H and O–H groups in total. The summed E-state index contributed by atoms with van der Waals surface area (Å²) >= 11 is 5.73. The van der Waals surface area contributed by atoms with Crippen LogP contribution in [-0.2, 0) is 23.9 Å². The van der Waals surface area contributed by atoms with Gasteiger partial charge in [-0.3, -0.25) is 24.1 Å². The van der Waals surface area contributed by atoms with Gasteiger partial charge in [0.25, 0.3) is 5.91 Å². The number of pyridine rings is 1. The van der Waals surface area contributed by atoms with Crippen LogP contribution in [0.25, 0.3) is 0 Å². The molecule has 1 saturated carbocycles. The van der Waals surface area contributed by atoms with E-state index in [-0.39, 0.29) is 42.4 Å². The van der Waals surface area contributed by atoms with Crippen LogP contribution in [0.3, 0.4) is 0 Å².